The Labute approximate surface area is 107 Å². The van der Waals surface area contributed by atoms with E-state index in [4.69, 9.17) is 9.26 Å². The Balaban J connectivity index is 1.71. The van der Waals surface area contributed by atoms with Crippen molar-refractivity contribution < 1.29 is 9.26 Å². The van der Waals surface area contributed by atoms with Gasteiger partial charge in [0.05, 0.1) is 6.04 Å². The van der Waals surface area contributed by atoms with Crippen LogP contribution in [0.3, 0.4) is 0 Å². The Hall–Kier alpha value is -0.940. The molecule has 3 rings (SSSR count). The molecule has 5 nitrogen and oxygen atoms in total. The molecule has 1 N–H and O–H groups in total. The summed E-state index contributed by atoms with van der Waals surface area (Å²) in [4.78, 5) is 4.61. The van der Waals surface area contributed by atoms with E-state index in [1.165, 1.54) is 12.8 Å². The van der Waals surface area contributed by atoms with Crippen molar-refractivity contribution in [3.63, 3.8) is 0 Å². The van der Waals surface area contributed by atoms with Crippen LogP contribution in [0.4, 0.5) is 0 Å². The van der Waals surface area contributed by atoms with Gasteiger partial charge in [-0.25, -0.2) is 0 Å². The molecule has 1 aromatic heterocycles. The highest BCUT2D eigenvalue weighted by Gasteiger charge is 2.29. The molecular formula is C13H21N3O2. The third-order valence-corrected chi connectivity index (χ3v) is 4.08. The average Bonchev–Trinajstić information content (AvgIpc) is 2.90. The summed E-state index contributed by atoms with van der Waals surface area (Å²) in [7, 11) is 0. The quantitative estimate of drug-likeness (QED) is 0.871. The highest BCUT2D eigenvalue weighted by atomic mass is 16.5. The van der Waals surface area contributed by atoms with Crippen LogP contribution >= 0.6 is 0 Å². The Bertz CT molecular complexity index is 387. The molecule has 0 aromatic carbocycles. The zero-order chi connectivity index (χ0) is 12.4. The highest BCUT2D eigenvalue weighted by Crippen LogP contribution is 2.30. The number of aromatic nitrogens is 2. The zero-order valence-electron chi connectivity index (χ0n) is 10.9. The lowest BCUT2D eigenvalue weighted by Gasteiger charge is -2.26. The van der Waals surface area contributed by atoms with Crippen molar-refractivity contribution in [3.05, 3.63) is 11.7 Å². The predicted octanol–water partition coefficient (Wildman–Crippen LogP) is 2.02. The monoisotopic (exact) mass is 251 g/mol. The first-order valence-corrected chi connectivity index (χ1v) is 6.99. The van der Waals surface area contributed by atoms with Crippen LogP contribution in [0.25, 0.3) is 0 Å². The van der Waals surface area contributed by atoms with Gasteiger partial charge in [0, 0.05) is 19.1 Å². The summed E-state index contributed by atoms with van der Waals surface area (Å²) in [6, 6.07) is 0.236. The normalized spacial score (nSPS) is 30.5. The standard InChI is InChI=1S/C13H21N3O2/c1-9-3-2-6-14-11(9)13-15-12(16-18-13)10-4-7-17-8-5-10/h9-11,14H,2-8H2,1H3. The summed E-state index contributed by atoms with van der Waals surface area (Å²) in [5, 5.41) is 7.65. The van der Waals surface area contributed by atoms with E-state index in [0.29, 0.717) is 11.8 Å². The van der Waals surface area contributed by atoms with Gasteiger partial charge in [0.25, 0.3) is 0 Å². The topological polar surface area (TPSA) is 60.2 Å². The van der Waals surface area contributed by atoms with Crippen molar-refractivity contribution >= 4 is 0 Å². The number of nitrogens with zero attached hydrogens (tertiary/aromatic N) is 2. The highest BCUT2D eigenvalue weighted by molar-refractivity contribution is 5.01. The molecule has 1 aromatic rings. The minimum atomic E-state index is 0.236. The fourth-order valence-electron chi connectivity index (χ4n) is 2.88. The lowest BCUT2D eigenvalue weighted by atomic mass is 9.92. The van der Waals surface area contributed by atoms with Crippen molar-refractivity contribution in [2.24, 2.45) is 5.92 Å². The van der Waals surface area contributed by atoms with Crippen molar-refractivity contribution in [3.8, 4) is 0 Å². The summed E-state index contributed by atoms with van der Waals surface area (Å²) in [5.74, 6) is 2.62. The molecule has 0 amide bonds. The maximum atomic E-state index is 5.46. The first kappa shape index (κ1) is 12.1. The van der Waals surface area contributed by atoms with E-state index < -0.39 is 0 Å². The lowest BCUT2D eigenvalue weighted by Crippen LogP contribution is -2.33. The van der Waals surface area contributed by atoms with Gasteiger partial charge in [-0.1, -0.05) is 12.1 Å². The molecular weight excluding hydrogens is 230 g/mol. The first-order valence-electron chi connectivity index (χ1n) is 6.99. The summed E-state index contributed by atoms with van der Waals surface area (Å²) < 4.78 is 10.8. The summed E-state index contributed by atoms with van der Waals surface area (Å²) in [5.41, 5.74) is 0. The fourth-order valence-corrected chi connectivity index (χ4v) is 2.88. The Morgan fingerprint density at radius 3 is 2.83 bits per heavy atom. The number of nitrogens with one attached hydrogen (secondary N) is 1. The number of hydrogen-bond acceptors (Lipinski definition) is 5. The Kier molecular flexibility index (Phi) is 3.61. The lowest BCUT2D eigenvalue weighted by molar-refractivity contribution is 0.0830. The summed E-state index contributed by atoms with van der Waals surface area (Å²) in [6.45, 7) is 4.92. The average molecular weight is 251 g/mol. The van der Waals surface area contributed by atoms with Crippen LogP contribution in [0.2, 0.25) is 0 Å². The number of rotatable bonds is 2. The molecule has 5 heteroatoms. The second-order valence-electron chi connectivity index (χ2n) is 5.43. The second-order valence-corrected chi connectivity index (χ2v) is 5.43. The molecule has 3 heterocycles. The number of hydrogen-bond donors (Lipinski definition) is 1. The molecule has 0 radical (unpaired) electrons. The van der Waals surface area contributed by atoms with Gasteiger partial charge in [0.2, 0.25) is 5.89 Å². The van der Waals surface area contributed by atoms with Crippen molar-refractivity contribution in [1.29, 1.82) is 0 Å². The molecule has 2 aliphatic rings. The van der Waals surface area contributed by atoms with E-state index in [9.17, 15) is 0 Å². The van der Waals surface area contributed by atoms with E-state index in [2.05, 4.69) is 22.4 Å². The van der Waals surface area contributed by atoms with Crippen molar-refractivity contribution in [2.75, 3.05) is 19.8 Å². The maximum Gasteiger partial charge on any atom is 0.244 e. The smallest absolute Gasteiger partial charge is 0.244 e. The van der Waals surface area contributed by atoms with Gasteiger partial charge >= 0.3 is 0 Å². The van der Waals surface area contributed by atoms with E-state index in [-0.39, 0.29) is 6.04 Å². The van der Waals surface area contributed by atoms with Crippen LogP contribution in [-0.2, 0) is 4.74 Å². The fraction of sp³-hybridized carbons (Fsp3) is 0.846. The minimum absolute atomic E-state index is 0.236. The molecule has 0 aliphatic carbocycles. The maximum absolute atomic E-state index is 5.46. The van der Waals surface area contributed by atoms with Crippen LogP contribution < -0.4 is 5.32 Å². The molecule has 0 saturated carbocycles. The molecule has 0 spiro atoms. The van der Waals surface area contributed by atoms with Gasteiger partial charge in [-0.05, 0) is 38.1 Å². The van der Waals surface area contributed by atoms with E-state index in [1.54, 1.807) is 0 Å². The summed E-state index contributed by atoms with van der Waals surface area (Å²) >= 11 is 0. The molecule has 0 bridgehead atoms. The molecule has 100 valence electrons. The van der Waals surface area contributed by atoms with Crippen LogP contribution in [0.5, 0.6) is 0 Å². The van der Waals surface area contributed by atoms with Gasteiger partial charge in [-0.2, -0.15) is 4.98 Å². The Morgan fingerprint density at radius 1 is 1.22 bits per heavy atom. The SMILES string of the molecule is CC1CCCNC1c1nc(C2CCOCC2)no1. The van der Waals surface area contributed by atoms with Crippen molar-refractivity contribution in [1.82, 2.24) is 15.5 Å². The molecule has 2 aliphatic heterocycles. The molecule has 2 atom stereocenters. The number of ether oxygens (including phenoxy) is 1. The summed E-state index contributed by atoms with van der Waals surface area (Å²) in [6.07, 6.45) is 4.48. The van der Waals surface area contributed by atoms with E-state index in [1.807, 2.05) is 0 Å². The second kappa shape index (κ2) is 5.36. The molecule has 2 saturated heterocycles. The number of piperidine rings is 1. The first-order chi connectivity index (χ1) is 8.84. The van der Waals surface area contributed by atoms with E-state index >= 15 is 0 Å². The van der Waals surface area contributed by atoms with E-state index in [0.717, 1.165) is 44.3 Å². The largest absolute Gasteiger partial charge is 0.381 e. The van der Waals surface area contributed by atoms with Crippen LogP contribution in [-0.4, -0.2) is 29.9 Å². The van der Waals surface area contributed by atoms with Gasteiger partial charge in [0.1, 0.15) is 0 Å². The minimum Gasteiger partial charge on any atom is -0.381 e. The molecule has 2 fully saturated rings. The predicted molar refractivity (Wildman–Crippen MR) is 66.2 cm³/mol. The molecule has 18 heavy (non-hydrogen) atoms. The van der Waals surface area contributed by atoms with Gasteiger partial charge < -0.3 is 14.6 Å². The molecule has 2 unspecified atom stereocenters. The van der Waals surface area contributed by atoms with Crippen LogP contribution in [0.15, 0.2) is 4.52 Å². The van der Waals surface area contributed by atoms with Crippen molar-refractivity contribution in [2.45, 2.75) is 44.6 Å². The van der Waals surface area contributed by atoms with Gasteiger partial charge in [0.15, 0.2) is 5.82 Å². The van der Waals surface area contributed by atoms with Crippen LogP contribution in [0.1, 0.15) is 56.3 Å². The van der Waals surface area contributed by atoms with Gasteiger partial charge in [-0.3, -0.25) is 0 Å². The Morgan fingerprint density at radius 2 is 2.06 bits per heavy atom. The zero-order valence-corrected chi connectivity index (χ0v) is 10.9. The third kappa shape index (κ3) is 2.42. The van der Waals surface area contributed by atoms with Crippen LogP contribution in [0, 0.1) is 5.92 Å². The third-order valence-electron chi connectivity index (χ3n) is 4.08. The van der Waals surface area contributed by atoms with Gasteiger partial charge in [-0.15, -0.1) is 0 Å².